The monoisotopic (exact) mass is 252 g/mol. The molecule has 17 heavy (non-hydrogen) atoms. The number of nitrogens with zero attached hydrogens (tertiary/aromatic N) is 2. The van der Waals surface area contributed by atoms with Gasteiger partial charge in [-0.25, -0.2) is 0 Å². The van der Waals surface area contributed by atoms with Gasteiger partial charge in [0.1, 0.15) is 0 Å². The Hall–Kier alpha value is -0.730. The Kier molecular flexibility index (Phi) is 4.69. The second-order valence-electron chi connectivity index (χ2n) is 4.73. The third-order valence-electron chi connectivity index (χ3n) is 3.34. The normalized spacial score (nSPS) is 19.3. The number of hydrogen-bond donors (Lipinski definition) is 0. The molecular weight excluding hydrogens is 232 g/mol. The van der Waals surface area contributed by atoms with Crippen molar-refractivity contribution in [3.8, 4) is 0 Å². The molecule has 2 rings (SSSR count). The van der Waals surface area contributed by atoms with Gasteiger partial charge in [-0.1, -0.05) is 18.2 Å². The first kappa shape index (κ1) is 12.7. The quantitative estimate of drug-likeness (QED) is 0.761. The molecule has 1 aromatic carbocycles. The summed E-state index contributed by atoms with van der Waals surface area (Å²) in [6, 6.07) is 10.7. The fourth-order valence-electron chi connectivity index (χ4n) is 2.23. The molecule has 0 spiro atoms. The highest BCUT2D eigenvalue weighted by Gasteiger charge is 2.16. The molecule has 94 valence electrons. The summed E-state index contributed by atoms with van der Waals surface area (Å²) in [5, 5.41) is 0.294. The topological polar surface area (TPSA) is 6.48 Å². The molecule has 2 nitrogen and oxygen atoms in total. The summed E-state index contributed by atoms with van der Waals surface area (Å²) in [7, 11) is 0. The van der Waals surface area contributed by atoms with E-state index in [9.17, 15) is 0 Å². The summed E-state index contributed by atoms with van der Waals surface area (Å²) in [4.78, 5) is 4.97. The lowest BCUT2D eigenvalue weighted by molar-refractivity contribution is 0.255. The Morgan fingerprint density at radius 2 is 1.76 bits per heavy atom. The number of rotatable bonds is 4. The van der Waals surface area contributed by atoms with Crippen molar-refractivity contribution < 1.29 is 0 Å². The highest BCUT2D eigenvalue weighted by Crippen LogP contribution is 2.15. The Bertz CT molecular complexity index is 318. The molecule has 1 fully saturated rings. The lowest BCUT2D eigenvalue weighted by Crippen LogP contribution is -2.46. The molecule has 1 aromatic rings. The number of piperazine rings is 1. The zero-order valence-electron chi connectivity index (χ0n) is 10.5. The summed E-state index contributed by atoms with van der Waals surface area (Å²) in [5.74, 6) is 0. The minimum atomic E-state index is 0.294. The molecule has 1 unspecified atom stereocenters. The number of anilines is 1. The van der Waals surface area contributed by atoms with Crippen LogP contribution in [0.3, 0.4) is 0 Å². The SMILES string of the molecule is CC(Cl)CCN1CCN(c2ccccc2)CC1. The first-order chi connectivity index (χ1) is 8.25. The zero-order valence-corrected chi connectivity index (χ0v) is 11.2. The van der Waals surface area contributed by atoms with Gasteiger partial charge in [-0.15, -0.1) is 11.6 Å². The van der Waals surface area contributed by atoms with Crippen molar-refractivity contribution in [3.63, 3.8) is 0 Å². The van der Waals surface area contributed by atoms with Crippen molar-refractivity contribution in [1.82, 2.24) is 4.90 Å². The van der Waals surface area contributed by atoms with Crippen LogP contribution in [-0.2, 0) is 0 Å². The van der Waals surface area contributed by atoms with E-state index in [-0.39, 0.29) is 0 Å². The molecule has 1 saturated heterocycles. The third-order valence-corrected chi connectivity index (χ3v) is 3.55. The van der Waals surface area contributed by atoms with E-state index in [1.807, 2.05) is 0 Å². The van der Waals surface area contributed by atoms with Gasteiger partial charge in [0.25, 0.3) is 0 Å². The molecular formula is C14H21ClN2. The number of alkyl halides is 1. The fraction of sp³-hybridized carbons (Fsp3) is 0.571. The Balaban J connectivity index is 1.78. The van der Waals surface area contributed by atoms with Crippen molar-refractivity contribution in [2.75, 3.05) is 37.6 Å². The van der Waals surface area contributed by atoms with Gasteiger partial charge in [-0.2, -0.15) is 0 Å². The maximum absolute atomic E-state index is 5.98. The van der Waals surface area contributed by atoms with Gasteiger partial charge in [0.15, 0.2) is 0 Å². The van der Waals surface area contributed by atoms with Gasteiger partial charge in [0.2, 0.25) is 0 Å². The highest BCUT2D eigenvalue weighted by atomic mass is 35.5. The molecule has 1 heterocycles. The maximum atomic E-state index is 5.98. The van der Waals surface area contributed by atoms with Crippen LogP contribution in [0.5, 0.6) is 0 Å². The van der Waals surface area contributed by atoms with Crippen LogP contribution in [0, 0.1) is 0 Å². The standard InChI is InChI=1S/C14H21ClN2/c1-13(15)7-8-16-9-11-17(12-10-16)14-5-3-2-4-6-14/h2-6,13H,7-12H2,1H3. The molecule has 1 aliphatic rings. The molecule has 0 bridgehead atoms. The van der Waals surface area contributed by atoms with Gasteiger partial charge in [0.05, 0.1) is 0 Å². The number of benzene rings is 1. The molecule has 1 atom stereocenters. The van der Waals surface area contributed by atoms with E-state index in [1.165, 1.54) is 5.69 Å². The number of para-hydroxylation sites is 1. The van der Waals surface area contributed by atoms with E-state index in [4.69, 9.17) is 11.6 Å². The minimum Gasteiger partial charge on any atom is -0.369 e. The van der Waals surface area contributed by atoms with Gasteiger partial charge in [-0.05, 0) is 32.0 Å². The molecule has 0 aliphatic carbocycles. The van der Waals surface area contributed by atoms with E-state index < -0.39 is 0 Å². The molecule has 1 aliphatic heterocycles. The van der Waals surface area contributed by atoms with Crippen LogP contribution in [0.4, 0.5) is 5.69 Å². The molecule has 0 amide bonds. The third kappa shape index (κ3) is 3.90. The molecule has 3 heteroatoms. The molecule has 0 N–H and O–H groups in total. The maximum Gasteiger partial charge on any atom is 0.0367 e. The first-order valence-corrected chi connectivity index (χ1v) is 6.86. The number of hydrogen-bond acceptors (Lipinski definition) is 2. The molecule has 0 radical (unpaired) electrons. The zero-order chi connectivity index (χ0) is 12.1. The van der Waals surface area contributed by atoms with Gasteiger partial charge in [0, 0.05) is 37.2 Å². The Labute approximate surface area is 109 Å². The number of halogens is 1. The summed E-state index contributed by atoms with van der Waals surface area (Å²) in [6.07, 6.45) is 1.09. The minimum absolute atomic E-state index is 0.294. The summed E-state index contributed by atoms with van der Waals surface area (Å²) < 4.78 is 0. The van der Waals surface area contributed by atoms with Crippen LogP contribution in [0.15, 0.2) is 30.3 Å². The van der Waals surface area contributed by atoms with Crippen LogP contribution >= 0.6 is 11.6 Å². The molecule has 0 aromatic heterocycles. The Morgan fingerprint density at radius 3 is 2.35 bits per heavy atom. The van der Waals surface area contributed by atoms with Crippen molar-refractivity contribution in [3.05, 3.63) is 30.3 Å². The first-order valence-electron chi connectivity index (χ1n) is 6.42. The van der Waals surface area contributed by atoms with E-state index in [0.29, 0.717) is 5.38 Å². The lowest BCUT2D eigenvalue weighted by Gasteiger charge is -2.36. The summed E-state index contributed by atoms with van der Waals surface area (Å²) >= 11 is 5.98. The van der Waals surface area contributed by atoms with E-state index in [1.54, 1.807) is 0 Å². The predicted octanol–water partition coefficient (Wildman–Crippen LogP) is 2.83. The second-order valence-corrected chi connectivity index (χ2v) is 5.48. The average molecular weight is 253 g/mol. The average Bonchev–Trinajstić information content (AvgIpc) is 2.38. The van der Waals surface area contributed by atoms with Crippen molar-refractivity contribution in [1.29, 1.82) is 0 Å². The van der Waals surface area contributed by atoms with Crippen LogP contribution in [0.25, 0.3) is 0 Å². The summed E-state index contributed by atoms with van der Waals surface area (Å²) in [6.45, 7) is 7.76. The van der Waals surface area contributed by atoms with E-state index >= 15 is 0 Å². The van der Waals surface area contributed by atoms with Crippen molar-refractivity contribution >= 4 is 17.3 Å². The second kappa shape index (κ2) is 6.27. The smallest absolute Gasteiger partial charge is 0.0367 e. The lowest BCUT2D eigenvalue weighted by atomic mass is 10.2. The highest BCUT2D eigenvalue weighted by molar-refractivity contribution is 6.20. The predicted molar refractivity (Wildman–Crippen MR) is 75.0 cm³/mol. The van der Waals surface area contributed by atoms with Crippen LogP contribution in [0.2, 0.25) is 0 Å². The fourth-order valence-corrected chi connectivity index (χ4v) is 2.33. The summed E-state index contributed by atoms with van der Waals surface area (Å²) in [5.41, 5.74) is 1.35. The van der Waals surface area contributed by atoms with Crippen molar-refractivity contribution in [2.24, 2.45) is 0 Å². The van der Waals surface area contributed by atoms with Gasteiger partial charge in [-0.3, -0.25) is 4.90 Å². The van der Waals surface area contributed by atoms with Crippen molar-refractivity contribution in [2.45, 2.75) is 18.7 Å². The van der Waals surface area contributed by atoms with Crippen LogP contribution < -0.4 is 4.90 Å². The van der Waals surface area contributed by atoms with Crippen LogP contribution in [-0.4, -0.2) is 43.0 Å². The van der Waals surface area contributed by atoms with Crippen LogP contribution in [0.1, 0.15) is 13.3 Å². The van der Waals surface area contributed by atoms with E-state index in [2.05, 4.69) is 47.1 Å². The van der Waals surface area contributed by atoms with Gasteiger partial charge >= 0.3 is 0 Å². The Morgan fingerprint density at radius 1 is 1.12 bits per heavy atom. The molecule has 0 saturated carbocycles. The van der Waals surface area contributed by atoms with E-state index in [0.717, 1.165) is 39.1 Å². The largest absolute Gasteiger partial charge is 0.369 e. The van der Waals surface area contributed by atoms with Gasteiger partial charge < -0.3 is 4.90 Å².